The van der Waals surface area contributed by atoms with Gasteiger partial charge in [0.15, 0.2) is 5.78 Å². The maximum absolute atomic E-state index is 13.6. The first-order chi connectivity index (χ1) is 8.61. The van der Waals surface area contributed by atoms with Crippen LogP contribution in [0.2, 0.25) is 0 Å². The largest absolute Gasteiger partial charge is 0.388 e. The Morgan fingerprint density at radius 1 is 1.17 bits per heavy atom. The molecule has 0 aliphatic carbocycles. The minimum Gasteiger partial charge on any atom is -0.388 e. The smallest absolute Gasteiger partial charge is 0.196 e. The van der Waals surface area contributed by atoms with Crippen LogP contribution in [0.5, 0.6) is 0 Å². The third-order valence-corrected chi connectivity index (χ3v) is 3.10. The van der Waals surface area contributed by atoms with E-state index in [-0.39, 0.29) is 11.3 Å². The summed E-state index contributed by atoms with van der Waals surface area (Å²) in [7, 11) is 1.80. The van der Waals surface area contributed by atoms with E-state index in [1.54, 1.807) is 37.4 Å². The van der Waals surface area contributed by atoms with Crippen LogP contribution >= 0.6 is 15.9 Å². The Balaban J connectivity index is 2.38. The monoisotopic (exact) mass is 307 g/mol. The van der Waals surface area contributed by atoms with Gasteiger partial charge in [-0.05, 0) is 42.5 Å². The quantitative estimate of drug-likeness (QED) is 0.872. The molecule has 0 radical (unpaired) electrons. The van der Waals surface area contributed by atoms with E-state index in [1.165, 1.54) is 12.1 Å². The van der Waals surface area contributed by atoms with E-state index in [0.29, 0.717) is 10.0 Å². The predicted octanol–water partition coefficient (Wildman–Crippen LogP) is 3.86. The van der Waals surface area contributed by atoms with Crippen molar-refractivity contribution in [2.45, 2.75) is 0 Å². The van der Waals surface area contributed by atoms with E-state index < -0.39 is 5.82 Å². The molecule has 4 heteroatoms. The zero-order chi connectivity index (χ0) is 13.1. The fourth-order valence-electron chi connectivity index (χ4n) is 1.62. The Bertz CT molecular complexity index is 581. The molecule has 0 heterocycles. The molecule has 2 aromatic rings. The molecule has 1 N–H and O–H groups in total. The van der Waals surface area contributed by atoms with Crippen molar-refractivity contribution in [3.63, 3.8) is 0 Å². The lowest BCUT2D eigenvalue weighted by Gasteiger charge is -2.05. The highest BCUT2D eigenvalue weighted by atomic mass is 79.9. The summed E-state index contributed by atoms with van der Waals surface area (Å²) >= 11 is 3.23. The summed E-state index contributed by atoms with van der Waals surface area (Å²) < 4.78 is 14.3. The number of hydrogen-bond donors (Lipinski definition) is 1. The maximum Gasteiger partial charge on any atom is 0.196 e. The molecule has 0 saturated heterocycles. The average molecular weight is 308 g/mol. The first kappa shape index (κ1) is 12.8. The lowest BCUT2D eigenvalue weighted by atomic mass is 10.0. The second-order valence-electron chi connectivity index (χ2n) is 3.78. The van der Waals surface area contributed by atoms with Crippen molar-refractivity contribution in [1.82, 2.24) is 0 Å². The standard InChI is InChI=1S/C14H11BrFNO/c1-17-11-5-2-9(3-6-11)14(18)12-8-10(15)4-7-13(12)16/h2-8,17H,1H3. The van der Waals surface area contributed by atoms with Crippen LogP contribution < -0.4 is 5.32 Å². The van der Waals surface area contributed by atoms with Crippen molar-refractivity contribution in [3.8, 4) is 0 Å². The Kier molecular flexibility index (Phi) is 3.77. The third kappa shape index (κ3) is 2.59. The van der Waals surface area contributed by atoms with Crippen molar-refractivity contribution in [3.05, 3.63) is 63.9 Å². The van der Waals surface area contributed by atoms with Crippen molar-refractivity contribution in [2.75, 3.05) is 12.4 Å². The van der Waals surface area contributed by atoms with Gasteiger partial charge >= 0.3 is 0 Å². The molecule has 2 aromatic carbocycles. The summed E-state index contributed by atoms with van der Waals surface area (Å²) in [6.45, 7) is 0. The summed E-state index contributed by atoms with van der Waals surface area (Å²) in [6, 6.07) is 11.2. The summed E-state index contributed by atoms with van der Waals surface area (Å²) in [6.07, 6.45) is 0. The molecule has 0 aromatic heterocycles. The fraction of sp³-hybridized carbons (Fsp3) is 0.0714. The van der Waals surface area contributed by atoms with Crippen LogP contribution in [-0.4, -0.2) is 12.8 Å². The van der Waals surface area contributed by atoms with E-state index in [4.69, 9.17) is 0 Å². The summed E-state index contributed by atoms with van der Waals surface area (Å²) in [4.78, 5) is 12.1. The minimum absolute atomic E-state index is 0.0709. The number of rotatable bonds is 3. The van der Waals surface area contributed by atoms with E-state index in [0.717, 1.165) is 5.69 Å². The Morgan fingerprint density at radius 2 is 1.83 bits per heavy atom. The van der Waals surface area contributed by atoms with Crippen molar-refractivity contribution < 1.29 is 9.18 Å². The first-order valence-corrected chi connectivity index (χ1v) is 6.18. The maximum atomic E-state index is 13.6. The number of anilines is 1. The molecule has 92 valence electrons. The number of benzene rings is 2. The molecular weight excluding hydrogens is 297 g/mol. The first-order valence-electron chi connectivity index (χ1n) is 5.39. The molecule has 2 nitrogen and oxygen atoms in total. The van der Waals surface area contributed by atoms with Crippen molar-refractivity contribution in [1.29, 1.82) is 0 Å². The zero-order valence-electron chi connectivity index (χ0n) is 9.71. The van der Waals surface area contributed by atoms with Gasteiger partial charge in [-0.1, -0.05) is 15.9 Å². The molecule has 18 heavy (non-hydrogen) atoms. The topological polar surface area (TPSA) is 29.1 Å². The van der Waals surface area contributed by atoms with Gasteiger partial charge < -0.3 is 5.32 Å². The van der Waals surface area contributed by atoms with Gasteiger partial charge in [-0.2, -0.15) is 0 Å². The van der Waals surface area contributed by atoms with Crippen LogP contribution in [0.4, 0.5) is 10.1 Å². The van der Waals surface area contributed by atoms with Gasteiger partial charge in [0, 0.05) is 22.8 Å². The lowest BCUT2D eigenvalue weighted by molar-refractivity contribution is 0.103. The number of carbonyl (C=O) groups is 1. The van der Waals surface area contributed by atoms with Gasteiger partial charge in [-0.3, -0.25) is 4.79 Å². The summed E-state index contributed by atoms with van der Waals surface area (Å²) in [5.41, 5.74) is 1.44. The van der Waals surface area contributed by atoms with Crippen LogP contribution in [0.15, 0.2) is 46.9 Å². The second-order valence-corrected chi connectivity index (χ2v) is 4.70. The van der Waals surface area contributed by atoms with Crippen LogP contribution in [0.1, 0.15) is 15.9 Å². The molecule has 0 aliphatic heterocycles. The van der Waals surface area contributed by atoms with Gasteiger partial charge in [-0.15, -0.1) is 0 Å². The third-order valence-electron chi connectivity index (χ3n) is 2.61. The van der Waals surface area contributed by atoms with Crippen molar-refractivity contribution in [2.24, 2.45) is 0 Å². The lowest BCUT2D eigenvalue weighted by Crippen LogP contribution is -2.04. The van der Waals surface area contributed by atoms with Crippen molar-refractivity contribution >= 4 is 27.4 Å². The Labute approximate surface area is 113 Å². The molecule has 0 fully saturated rings. The SMILES string of the molecule is CNc1ccc(C(=O)c2cc(Br)ccc2F)cc1. The Morgan fingerprint density at radius 3 is 2.44 bits per heavy atom. The highest BCUT2D eigenvalue weighted by Crippen LogP contribution is 2.19. The zero-order valence-corrected chi connectivity index (χ0v) is 11.3. The highest BCUT2D eigenvalue weighted by molar-refractivity contribution is 9.10. The molecule has 0 unspecified atom stereocenters. The van der Waals surface area contributed by atoms with E-state index >= 15 is 0 Å². The normalized spacial score (nSPS) is 10.2. The Hall–Kier alpha value is -1.68. The number of nitrogens with one attached hydrogen (secondary N) is 1. The number of carbonyl (C=O) groups excluding carboxylic acids is 1. The number of hydrogen-bond acceptors (Lipinski definition) is 2. The van der Waals surface area contributed by atoms with Gasteiger partial charge in [0.1, 0.15) is 5.82 Å². The molecule has 0 aliphatic rings. The van der Waals surface area contributed by atoms with Gasteiger partial charge in [-0.25, -0.2) is 4.39 Å². The van der Waals surface area contributed by atoms with Crippen LogP contribution in [0, 0.1) is 5.82 Å². The molecule has 0 spiro atoms. The van der Waals surface area contributed by atoms with Crippen LogP contribution in [0.3, 0.4) is 0 Å². The molecular formula is C14H11BrFNO. The minimum atomic E-state index is -0.513. The summed E-state index contributed by atoms with van der Waals surface area (Å²) in [5, 5.41) is 2.96. The predicted molar refractivity (Wildman–Crippen MR) is 73.5 cm³/mol. The highest BCUT2D eigenvalue weighted by Gasteiger charge is 2.14. The molecule has 0 amide bonds. The molecule has 0 bridgehead atoms. The number of halogens is 2. The van der Waals surface area contributed by atoms with Gasteiger partial charge in [0.2, 0.25) is 0 Å². The molecule has 0 saturated carbocycles. The van der Waals surface area contributed by atoms with Crippen LogP contribution in [-0.2, 0) is 0 Å². The molecule has 0 atom stereocenters. The fourth-order valence-corrected chi connectivity index (χ4v) is 1.98. The van der Waals surface area contributed by atoms with E-state index in [9.17, 15) is 9.18 Å². The average Bonchev–Trinajstić information content (AvgIpc) is 2.41. The van der Waals surface area contributed by atoms with Crippen LogP contribution in [0.25, 0.3) is 0 Å². The number of ketones is 1. The summed E-state index contributed by atoms with van der Waals surface area (Å²) in [5.74, 6) is -0.836. The van der Waals surface area contributed by atoms with Gasteiger partial charge in [0.05, 0.1) is 5.56 Å². The second kappa shape index (κ2) is 5.31. The van der Waals surface area contributed by atoms with E-state index in [2.05, 4.69) is 21.2 Å². The van der Waals surface area contributed by atoms with Gasteiger partial charge in [0.25, 0.3) is 0 Å². The molecule has 2 rings (SSSR count). The van der Waals surface area contributed by atoms with E-state index in [1.807, 2.05) is 0 Å².